The molecule has 0 heterocycles. The second-order valence-corrected chi connectivity index (χ2v) is 13.4. The standard InChI is InChI=1S/C29H38O4Si/c1-29(2,3)34(26-19-11-8-12-20-26,27-21-13-9-14-22-27)33-25(18-16-23-28(31)32-4)17-10-6-5-7-15-24-30/h5-14,16,19-23,25,30H,15,17-18,24H2,1-4H3/b7-5+,10-6+,23-16+/t25-/m1/s1. The third kappa shape index (κ3) is 7.66. The second kappa shape index (κ2) is 13.8. The maximum Gasteiger partial charge on any atom is 0.330 e. The molecule has 5 heteroatoms. The van der Waals surface area contributed by atoms with Gasteiger partial charge in [-0.25, -0.2) is 4.79 Å². The average molecular weight is 479 g/mol. The quantitative estimate of drug-likeness (QED) is 0.203. The lowest BCUT2D eigenvalue weighted by atomic mass is 10.1. The first-order valence-corrected chi connectivity index (χ1v) is 13.7. The van der Waals surface area contributed by atoms with E-state index in [9.17, 15) is 4.79 Å². The van der Waals surface area contributed by atoms with Gasteiger partial charge in [-0.15, -0.1) is 0 Å². The van der Waals surface area contributed by atoms with Gasteiger partial charge in [0.1, 0.15) is 0 Å². The molecule has 0 amide bonds. The van der Waals surface area contributed by atoms with Crippen molar-refractivity contribution < 1.29 is 19.1 Å². The van der Waals surface area contributed by atoms with Crippen LogP contribution in [0.4, 0.5) is 0 Å². The van der Waals surface area contributed by atoms with Gasteiger partial charge in [0.2, 0.25) is 0 Å². The molecular formula is C29H38O4Si. The molecule has 1 N–H and O–H groups in total. The van der Waals surface area contributed by atoms with E-state index >= 15 is 0 Å². The summed E-state index contributed by atoms with van der Waals surface area (Å²) in [6.07, 6.45) is 13.0. The summed E-state index contributed by atoms with van der Waals surface area (Å²) < 4.78 is 12.0. The number of aliphatic hydroxyl groups is 1. The monoisotopic (exact) mass is 478 g/mol. The van der Waals surface area contributed by atoms with Crippen LogP contribution in [-0.4, -0.2) is 39.2 Å². The summed E-state index contributed by atoms with van der Waals surface area (Å²) in [5, 5.41) is 11.3. The van der Waals surface area contributed by atoms with Gasteiger partial charge in [0.15, 0.2) is 0 Å². The van der Waals surface area contributed by atoms with Crippen LogP contribution in [0.25, 0.3) is 0 Å². The van der Waals surface area contributed by atoms with Gasteiger partial charge in [-0.1, -0.05) is 112 Å². The van der Waals surface area contributed by atoms with Crippen LogP contribution in [0.1, 0.15) is 40.0 Å². The van der Waals surface area contributed by atoms with Crippen molar-refractivity contribution in [1.82, 2.24) is 0 Å². The van der Waals surface area contributed by atoms with Gasteiger partial charge < -0.3 is 14.3 Å². The minimum absolute atomic E-state index is 0.130. The fourth-order valence-corrected chi connectivity index (χ4v) is 8.78. The average Bonchev–Trinajstić information content (AvgIpc) is 2.84. The summed E-state index contributed by atoms with van der Waals surface area (Å²) in [5.41, 5.74) is 0. The van der Waals surface area contributed by atoms with Crippen molar-refractivity contribution in [2.45, 2.75) is 51.2 Å². The lowest BCUT2D eigenvalue weighted by Crippen LogP contribution is -2.67. The molecule has 0 aromatic heterocycles. The first-order valence-electron chi connectivity index (χ1n) is 11.8. The van der Waals surface area contributed by atoms with Gasteiger partial charge in [-0.3, -0.25) is 0 Å². The number of ether oxygens (including phenoxy) is 1. The number of aliphatic hydroxyl groups excluding tert-OH is 1. The van der Waals surface area contributed by atoms with Crippen molar-refractivity contribution in [3.63, 3.8) is 0 Å². The zero-order valence-corrected chi connectivity index (χ0v) is 21.8. The lowest BCUT2D eigenvalue weighted by Gasteiger charge is -2.45. The smallest absolute Gasteiger partial charge is 0.330 e. The number of hydrogen-bond donors (Lipinski definition) is 1. The van der Waals surface area contributed by atoms with E-state index in [1.165, 1.54) is 23.6 Å². The fourth-order valence-electron chi connectivity index (χ4n) is 4.08. The number of carbonyl (C=O) groups is 1. The van der Waals surface area contributed by atoms with Crippen molar-refractivity contribution in [3.8, 4) is 0 Å². The van der Waals surface area contributed by atoms with E-state index in [0.717, 1.165) is 0 Å². The minimum atomic E-state index is -2.71. The number of rotatable bonds is 12. The van der Waals surface area contributed by atoms with Gasteiger partial charge in [0.05, 0.1) is 13.2 Å². The van der Waals surface area contributed by atoms with E-state index in [-0.39, 0.29) is 23.7 Å². The predicted octanol–water partition coefficient (Wildman–Crippen LogP) is 4.94. The molecule has 34 heavy (non-hydrogen) atoms. The van der Waals surface area contributed by atoms with Crippen molar-refractivity contribution in [3.05, 3.63) is 97.1 Å². The number of methoxy groups -OCH3 is 1. The van der Waals surface area contributed by atoms with E-state index in [4.69, 9.17) is 14.3 Å². The van der Waals surface area contributed by atoms with Crippen LogP contribution < -0.4 is 10.4 Å². The predicted molar refractivity (Wildman–Crippen MR) is 143 cm³/mol. The van der Waals surface area contributed by atoms with Crippen LogP contribution in [0, 0.1) is 0 Å². The van der Waals surface area contributed by atoms with E-state index < -0.39 is 8.32 Å². The maximum atomic E-state index is 11.7. The number of benzene rings is 2. The van der Waals surface area contributed by atoms with Crippen molar-refractivity contribution in [2.75, 3.05) is 13.7 Å². The molecule has 2 aromatic rings. The van der Waals surface area contributed by atoms with Crippen molar-refractivity contribution in [2.24, 2.45) is 0 Å². The Morgan fingerprint density at radius 2 is 1.44 bits per heavy atom. The molecule has 0 saturated carbocycles. The number of esters is 1. The Kier molecular flexibility index (Phi) is 11.2. The Morgan fingerprint density at radius 1 is 0.912 bits per heavy atom. The highest BCUT2D eigenvalue weighted by Gasteiger charge is 2.51. The molecule has 0 bridgehead atoms. The molecule has 2 aromatic carbocycles. The molecule has 182 valence electrons. The van der Waals surface area contributed by atoms with Crippen LogP contribution in [0.2, 0.25) is 5.04 Å². The third-order valence-corrected chi connectivity index (χ3v) is 10.8. The van der Waals surface area contributed by atoms with Gasteiger partial charge in [0, 0.05) is 12.7 Å². The van der Waals surface area contributed by atoms with E-state index in [1.807, 2.05) is 36.4 Å². The first kappa shape index (κ1) is 27.5. The van der Waals surface area contributed by atoms with E-state index in [0.29, 0.717) is 19.3 Å². The molecule has 0 aliphatic carbocycles. The molecule has 0 aliphatic rings. The minimum Gasteiger partial charge on any atom is -0.466 e. The summed E-state index contributed by atoms with van der Waals surface area (Å²) >= 11 is 0. The summed E-state index contributed by atoms with van der Waals surface area (Å²) in [5.74, 6) is -0.369. The number of carbonyl (C=O) groups excluding carboxylic acids is 1. The Hall–Kier alpha value is -2.73. The largest absolute Gasteiger partial charge is 0.466 e. The second-order valence-electron chi connectivity index (χ2n) is 9.17. The molecule has 0 aliphatic heterocycles. The van der Waals surface area contributed by atoms with Crippen LogP contribution in [-0.2, 0) is 14.0 Å². The van der Waals surface area contributed by atoms with Gasteiger partial charge in [0.25, 0.3) is 8.32 Å². The Balaban J connectivity index is 2.49. The van der Waals surface area contributed by atoms with Crippen LogP contribution in [0.3, 0.4) is 0 Å². The van der Waals surface area contributed by atoms with Crippen LogP contribution in [0.15, 0.2) is 97.1 Å². The van der Waals surface area contributed by atoms with Crippen LogP contribution >= 0.6 is 0 Å². The first-order chi connectivity index (χ1) is 16.3. The van der Waals surface area contributed by atoms with Gasteiger partial charge in [-0.05, 0) is 34.7 Å². The lowest BCUT2D eigenvalue weighted by molar-refractivity contribution is -0.134. The Labute approximate surface area is 205 Å². The molecule has 0 saturated heterocycles. The molecule has 1 atom stereocenters. The summed E-state index contributed by atoms with van der Waals surface area (Å²) in [4.78, 5) is 11.7. The molecule has 0 radical (unpaired) electrons. The number of hydrogen-bond acceptors (Lipinski definition) is 4. The van der Waals surface area contributed by atoms with E-state index in [1.54, 1.807) is 0 Å². The van der Waals surface area contributed by atoms with Gasteiger partial charge in [-0.2, -0.15) is 0 Å². The highest BCUT2D eigenvalue weighted by molar-refractivity contribution is 6.99. The normalized spacial score (nSPS) is 13.7. The Morgan fingerprint density at radius 3 is 1.94 bits per heavy atom. The van der Waals surface area contributed by atoms with Crippen molar-refractivity contribution >= 4 is 24.7 Å². The van der Waals surface area contributed by atoms with Crippen LogP contribution in [0.5, 0.6) is 0 Å². The Bertz CT molecular complexity index is 904. The zero-order valence-electron chi connectivity index (χ0n) is 20.8. The highest BCUT2D eigenvalue weighted by Crippen LogP contribution is 2.38. The SMILES string of the molecule is COC(=O)/C=C/C[C@@H](C/C=C/C=C/CCO)O[Si](c1ccccc1)(c1ccccc1)C(C)(C)C. The number of allylic oxidation sites excluding steroid dienone is 2. The summed E-state index contributed by atoms with van der Waals surface area (Å²) in [6.45, 7) is 6.92. The summed E-state index contributed by atoms with van der Waals surface area (Å²) in [7, 11) is -1.33. The molecule has 0 fully saturated rings. The summed E-state index contributed by atoms with van der Waals surface area (Å²) in [6, 6.07) is 21.1. The van der Waals surface area contributed by atoms with Crippen molar-refractivity contribution in [1.29, 1.82) is 0 Å². The molecule has 0 spiro atoms. The van der Waals surface area contributed by atoms with E-state index in [2.05, 4.69) is 75.4 Å². The maximum absolute atomic E-state index is 11.7. The highest BCUT2D eigenvalue weighted by atomic mass is 28.4. The third-order valence-electron chi connectivity index (χ3n) is 5.69. The molecule has 0 unspecified atom stereocenters. The fraction of sp³-hybridized carbons (Fsp3) is 0.345. The molecule has 2 rings (SSSR count). The zero-order chi connectivity index (χ0) is 24.9. The topological polar surface area (TPSA) is 55.8 Å². The molecule has 4 nitrogen and oxygen atoms in total. The van der Waals surface area contributed by atoms with Gasteiger partial charge >= 0.3 is 5.97 Å². The molecular weight excluding hydrogens is 440 g/mol.